The number of benzene rings is 2. The summed E-state index contributed by atoms with van der Waals surface area (Å²) in [6.07, 6.45) is 8.16. The predicted octanol–water partition coefficient (Wildman–Crippen LogP) is 3.94. The highest BCUT2D eigenvalue weighted by atomic mass is 19.3. The molecule has 0 aliphatic rings. The molecule has 3 aromatic rings. The average Bonchev–Trinajstić information content (AvgIpc) is 3.09. The van der Waals surface area contributed by atoms with Gasteiger partial charge in [0.05, 0.1) is 17.4 Å². The monoisotopic (exact) mass is 351 g/mol. The first-order chi connectivity index (χ1) is 12.5. The van der Waals surface area contributed by atoms with Crippen LogP contribution in [-0.2, 0) is 7.05 Å². The van der Waals surface area contributed by atoms with Crippen molar-refractivity contribution in [2.24, 2.45) is 7.05 Å². The number of hydrogen-bond acceptors (Lipinski definition) is 2. The van der Waals surface area contributed by atoms with E-state index in [1.807, 2.05) is 6.07 Å². The summed E-state index contributed by atoms with van der Waals surface area (Å²) in [5, 5.41) is 3.88. The molecule has 0 atom stereocenters. The zero-order valence-electron chi connectivity index (χ0n) is 13.9. The normalized spacial score (nSPS) is 10.6. The first-order valence-corrected chi connectivity index (χ1v) is 7.78. The maximum absolute atomic E-state index is 13.9. The Balaban J connectivity index is 2.21. The molecule has 0 aliphatic carbocycles. The topological polar surface area (TPSA) is 38.1 Å². The van der Waals surface area contributed by atoms with Gasteiger partial charge in [-0.2, -0.15) is 13.9 Å². The SMILES string of the molecule is C#Cc1cccc(-c2ccccc2)c1N(C(=O)c1cnn(C)c1)C(F)F. The van der Waals surface area contributed by atoms with Gasteiger partial charge in [0.25, 0.3) is 5.91 Å². The number of aromatic nitrogens is 2. The maximum atomic E-state index is 13.9. The van der Waals surface area contributed by atoms with Gasteiger partial charge in [-0.3, -0.25) is 9.48 Å². The largest absolute Gasteiger partial charge is 0.321 e. The van der Waals surface area contributed by atoms with E-state index < -0.39 is 12.5 Å². The Morgan fingerprint density at radius 1 is 1.19 bits per heavy atom. The molecule has 3 rings (SSSR count). The lowest BCUT2D eigenvalue weighted by Gasteiger charge is -2.25. The van der Waals surface area contributed by atoms with Crippen LogP contribution < -0.4 is 4.90 Å². The van der Waals surface area contributed by atoms with Crippen molar-refractivity contribution in [2.75, 3.05) is 4.90 Å². The van der Waals surface area contributed by atoms with E-state index in [9.17, 15) is 13.6 Å². The van der Waals surface area contributed by atoms with Crippen molar-refractivity contribution < 1.29 is 13.6 Å². The number of carbonyl (C=O) groups excluding carboxylic acids is 1. The molecule has 26 heavy (non-hydrogen) atoms. The number of nitrogens with zero attached hydrogens (tertiary/aromatic N) is 3. The summed E-state index contributed by atoms with van der Waals surface area (Å²) in [7, 11) is 1.61. The van der Waals surface area contributed by atoms with E-state index in [0.29, 0.717) is 16.0 Å². The van der Waals surface area contributed by atoms with Gasteiger partial charge in [0.2, 0.25) is 0 Å². The van der Waals surface area contributed by atoms with Crippen LogP contribution in [0.4, 0.5) is 14.5 Å². The average molecular weight is 351 g/mol. The Morgan fingerprint density at radius 3 is 2.50 bits per heavy atom. The molecule has 6 heteroatoms. The van der Waals surface area contributed by atoms with Gasteiger partial charge in [0, 0.05) is 24.4 Å². The molecule has 130 valence electrons. The lowest BCUT2D eigenvalue weighted by Crippen LogP contribution is -2.36. The van der Waals surface area contributed by atoms with Gasteiger partial charge in [-0.05, 0) is 11.6 Å². The molecule has 0 saturated heterocycles. The third-order valence-electron chi connectivity index (χ3n) is 3.88. The van der Waals surface area contributed by atoms with Gasteiger partial charge in [-0.1, -0.05) is 48.4 Å². The molecular formula is C20H15F2N3O. The Labute approximate surface area is 149 Å². The van der Waals surface area contributed by atoms with Crippen molar-refractivity contribution in [1.82, 2.24) is 9.78 Å². The summed E-state index contributed by atoms with van der Waals surface area (Å²) in [5.74, 6) is 1.54. The van der Waals surface area contributed by atoms with Crippen LogP contribution in [0.5, 0.6) is 0 Å². The number of hydrogen-bond donors (Lipinski definition) is 0. The van der Waals surface area contributed by atoms with Gasteiger partial charge >= 0.3 is 6.55 Å². The number of halogens is 2. The Bertz CT molecular complexity index is 974. The van der Waals surface area contributed by atoms with Gasteiger partial charge in [0.15, 0.2) is 0 Å². The molecule has 0 spiro atoms. The predicted molar refractivity (Wildman–Crippen MR) is 95.8 cm³/mol. The number of rotatable bonds is 4. The highest BCUT2D eigenvalue weighted by molar-refractivity contribution is 6.09. The van der Waals surface area contributed by atoms with Crippen molar-refractivity contribution >= 4 is 11.6 Å². The molecule has 1 heterocycles. The summed E-state index contributed by atoms with van der Waals surface area (Å²) >= 11 is 0. The summed E-state index contributed by atoms with van der Waals surface area (Å²) < 4.78 is 29.3. The number of anilines is 1. The van der Waals surface area contributed by atoms with Gasteiger partial charge < -0.3 is 0 Å². The second-order valence-corrected chi connectivity index (χ2v) is 5.57. The fourth-order valence-electron chi connectivity index (χ4n) is 2.73. The second kappa shape index (κ2) is 7.19. The maximum Gasteiger partial charge on any atom is 0.321 e. The van der Waals surface area contributed by atoms with E-state index in [4.69, 9.17) is 6.42 Å². The van der Waals surface area contributed by atoms with Crippen LogP contribution in [0.15, 0.2) is 60.9 Å². The van der Waals surface area contributed by atoms with Gasteiger partial charge in [-0.15, -0.1) is 6.42 Å². The lowest BCUT2D eigenvalue weighted by atomic mass is 9.99. The van der Waals surface area contributed by atoms with E-state index in [2.05, 4.69) is 11.0 Å². The fourth-order valence-corrected chi connectivity index (χ4v) is 2.73. The van der Waals surface area contributed by atoms with Crippen LogP contribution in [0.2, 0.25) is 0 Å². The Morgan fingerprint density at radius 2 is 1.92 bits per heavy atom. The minimum absolute atomic E-state index is 0.00468. The molecule has 1 aromatic heterocycles. The van der Waals surface area contributed by atoms with Crippen LogP contribution in [0.25, 0.3) is 11.1 Å². The quantitative estimate of drug-likeness (QED) is 0.527. The van der Waals surface area contributed by atoms with Crippen molar-refractivity contribution in [1.29, 1.82) is 0 Å². The molecule has 0 radical (unpaired) electrons. The second-order valence-electron chi connectivity index (χ2n) is 5.57. The van der Waals surface area contributed by atoms with Gasteiger partial charge in [0.1, 0.15) is 0 Å². The number of alkyl halides is 2. The third kappa shape index (κ3) is 3.20. The number of para-hydroxylation sites is 1. The smallest absolute Gasteiger partial charge is 0.275 e. The lowest BCUT2D eigenvalue weighted by molar-refractivity contribution is 0.0838. The highest BCUT2D eigenvalue weighted by Gasteiger charge is 2.30. The molecule has 4 nitrogen and oxygen atoms in total. The molecule has 1 amide bonds. The van der Waals surface area contributed by atoms with E-state index in [1.54, 1.807) is 43.4 Å². The number of carbonyl (C=O) groups is 1. The zero-order valence-corrected chi connectivity index (χ0v) is 13.9. The minimum Gasteiger partial charge on any atom is -0.275 e. The molecule has 2 aromatic carbocycles. The first-order valence-electron chi connectivity index (χ1n) is 7.78. The number of terminal acetylenes is 1. The van der Waals surface area contributed by atoms with Gasteiger partial charge in [-0.25, -0.2) is 4.90 Å². The van der Waals surface area contributed by atoms with Crippen LogP contribution in [0, 0.1) is 12.3 Å². The van der Waals surface area contributed by atoms with Crippen molar-refractivity contribution in [3.8, 4) is 23.5 Å². The summed E-state index contributed by atoms with van der Waals surface area (Å²) in [6.45, 7) is -3.07. The standard InChI is InChI=1S/C20H15F2N3O/c1-3-14-10-7-11-17(15-8-5-4-6-9-15)18(14)25(20(21)22)19(26)16-12-23-24(2)13-16/h1,4-13,20H,2H3. The molecule has 0 fully saturated rings. The molecule has 0 unspecified atom stereocenters. The van der Waals surface area contributed by atoms with E-state index in [1.165, 1.54) is 23.1 Å². The van der Waals surface area contributed by atoms with E-state index in [-0.39, 0.29) is 16.8 Å². The fraction of sp³-hybridized carbons (Fsp3) is 0.100. The van der Waals surface area contributed by atoms with Crippen LogP contribution in [0.1, 0.15) is 15.9 Å². The number of aryl methyl sites for hydroxylation is 1. The number of amides is 1. The summed E-state index contributed by atoms with van der Waals surface area (Å²) in [4.78, 5) is 13.2. The van der Waals surface area contributed by atoms with Crippen molar-refractivity contribution in [2.45, 2.75) is 6.55 Å². The molecular weight excluding hydrogens is 336 g/mol. The highest BCUT2D eigenvalue weighted by Crippen LogP contribution is 2.36. The van der Waals surface area contributed by atoms with Crippen LogP contribution in [0.3, 0.4) is 0 Å². The zero-order chi connectivity index (χ0) is 18.7. The Hall–Kier alpha value is -3.46. The summed E-state index contributed by atoms with van der Waals surface area (Å²) in [6, 6.07) is 13.8. The van der Waals surface area contributed by atoms with Crippen molar-refractivity contribution in [3.05, 3.63) is 72.1 Å². The molecule has 0 aliphatic heterocycles. The van der Waals surface area contributed by atoms with E-state index in [0.717, 1.165) is 0 Å². The van der Waals surface area contributed by atoms with Crippen molar-refractivity contribution in [3.63, 3.8) is 0 Å². The Kier molecular flexibility index (Phi) is 4.81. The summed E-state index contributed by atoms with van der Waals surface area (Å²) in [5.41, 5.74) is 1.41. The van der Waals surface area contributed by atoms with Crippen LogP contribution in [-0.4, -0.2) is 22.2 Å². The first kappa shape index (κ1) is 17.4. The molecule has 0 bridgehead atoms. The third-order valence-corrected chi connectivity index (χ3v) is 3.88. The minimum atomic E-state index is -3.07. The molecule has 0 N–H and O–H groups in total. The van der Waals surface area contributed by atoms with Crippen LogP contribution >= 0.6 is 0 Å². The van der Waals surface area contributed by atoms with E-state index >= 15 is 0 Å². The molecule has 0 saturated carbocycles.